The number of aliphatic imine (C=N–C) groups is 1. The molecule has 124 valence electrons. The molecule has 1 aromatic rings. The molecule has 0 fully saturated rings. The lowest BCUT2D eigenvalue weighted by Gasteiger charge is -2.15. The molecule has 0 saturated heterocycles. The second kappa shape index (κ2) is 9.89. The first-order chi connectivity index (χ1) is 10.6. The molecule has 0 amide bonds. The van der Waals surface area contributed by atoms with Gasteiger partial charge < -0.3 is 25.2 Å². The zero-order valence-electron chi connectivity index (χ0n) is 13.8. The normalized spacial score (nSPS) is 12.7. The quantitative estimate of drug-likeness (QED) is 0.506. The van der Waals surface area contributed by atoms with E-state index in [1.165, 1.54) is 0 Å². The van der Waals surface area contributed by atoms with Crippen LogP contribution in [0.15, 0.2) is 23.2 Å². The van der Waals surface area contributed by atoms with E-state index in [0.717, 1.165) is 12.2 Å². The number of anilines is 1. The monoisotopic (exact) mass is 309 g/mol. The molecule has 0 aliphatic carbocycles. The standard InChI is InChI=1S/C16H27N3O3/c1-5-17-16(18-10-12(3)11-20)19-13-7-8-14(21-4)15(9-13)22-6-2/h7-9,12,20H,5-6,10-11H2,1-4H3,(H2,17,18,19). The van der Waals surface area contributed by atoms with Crippen molar-refractivity contribution in [1.82, 2.24) is 5.32 Å². The van der Waals surface area contributed by atoms with Crippen molar-refractivity contribution in [2.45, 2.75) is 20.8 Å². The fraction of sp³-hybridized carbons (Fsp3) is 0.562. The Balaban J connectivity index is 2.86. The second-order valence-corrected chi connectivity index (χ2v) is 4.93. The van der Waals surface area contributed by atoms with Crippen molar-refractivity contribution in [3.05, 3.63) is 18.2 Å². The van der Waals surface area contributed by atoms with E-state index in [0.29, 0.717) is 30.6 Å². The van der Waals surface area contributed by atoms with E-state index in [-0.39, 0.29) is 12.5 Å². The van der Waals surface area contributed by atoms with Crippen molar-refractivity contribution in [1.29, 1.82) is 0 Å². The second-order valence-electron chi connectivity index (χ2n) is 4.93. The summed E-state index contributed by atoms with van der Waals surface area (Å²) in [7, 11) is 1.62. The summed E-state index contributed by atoms with van der Waals surface area (Å²) in [4.78, 5) is 4.46. The van der Waals surface area contributed by atoms with Crippen LogP contribution < -0.4 is 20.1 Å². The summed E-state index contributed by atoms with van der Waals surface area (Å²) in [6.45, 7) is 7.90. The third kappa shape index (κ3) is 5.81. The van der Waals surface area contributed by atoms with Crippen molar-refractivity contribution in [3.63, 3.8) is 0 Å². The van der Waals surface area contributed by atoms with Crippen LogP contribution in [-0.2, 0) is 0 Å². The molecule has 1 atom stereocenters. The van der Waals surface area contributed by atoms with E-state index in [1.54, 1.807) is 7.11 Å². The molecule has 0 aromatic heterocycles. The molecule has 1 aromatic carbocycles. The summed E-state index contributed by atoms with van der Waals surface area (Å²) in [6, 6.07) is 5.64. The Labute approximate surface area is 132 Å². The van der Waals surface area contributed by atoms with Crippen LogP contribution >= 0.6 is 0 Å². The molecule has 0 bridgehead atoms. The zero-order valence-corrected chi connectivity index (χ0v) is 13.8. The average Bonchev–Trinajstić information content (AvgIpc) is 2.53. The maximum atomic E-state index is 9.08. The van der Waals surface area contributed by atoms with E-state index in [9.17, 15) is 0 Å². The van der Waals surface area contributed by atoms with Gasteiger partial charge in [-0.3, -0.25) is 4.99 Å². The summed E-state index contributed by atoms with van der Waals surface area (Å²) >= 11 is 0. The fourth-order valence-electron chi connectivity index (χ4n) is 1.77. The Morgan fingerprint density at radius 3 is 2.68 bits per heavy atom. The van der Waals surface area contributed by atoms with Gasteiger partial charge in [0.05, 0.1) is 13.7 Å². The summed E-state index contributed by atoms with van der Waals surface area (Å²) < 4.78 is 10.8. The maximum Gasteiger partial charge on any atom is 0.195 e. The van der Waals surface area contributed by atoms with Gasteiger partial charge in [-0.25, -0.2) is 0 Å². The lowest BCUT2D eigenvalue weighted by Crippen LogP contribution is -2.31. The number of hydrogen-bond acceptors (Lipinski definition) is 4. The molecule has 0 saturated carbocycles. The van der Waals surface area contributed by atoms with Gasteiger partial charge in [0.1, 0.15) is 0 Å². The highest BCUT2D eigenvalue weighted by Crippen LogP contribution is 2.30. The number of guanidine groups is 1. The first kappa shape index (κ1) is 18.1. The third-order valence-corrected chi connectivity index (χ3v) is 2.94. The summed E-state index contributed by atoms with van der Waals surface area (Å²) in [5.74, 6) is 2.19. The number of ether oxygens (including phenoxy) is 2. The summed E-state index contributed by atoms with van der Waals surface area (Å²) in [5, 5.41) is 15.5. The molecule has 1 unspecified atom stereocenters. The minimum Gasteiger partial charge on any atom is -0.493 e. The van der Waals surface area contributed by atoms with E-state index < -0.39 is 0 Å². The van der Waals surface area contributed by atoms with E-state index in [1.807, 2.05) is 39.0 Å². The Bertz CT molecular complexity index is 478. The Morgan fingerprint density at radius 1 is 1.32 bits per heavy atom. The number of aliphatic hydroxyl groups is 1. The van der Waals surface area contributed by atoms with Crippen LogP contribution in [0.25, 0.3) is 0 Å². The summed E-state index contributed by atoms with van der Waals surface area (Å²) in [6.07, 6.45) is 0. The SMILES string of the molecule is CCNC(=NCC(C)CO)Nc1ccc(OC)c(OCC)c1. The predicted octanol–water partition coefficient (Wildman–Crippen LogP) is 2.10. The maximum absolute atomic E-state index is 9.08. The minimum atomic E-state index is 0.125. The molecule has 1 rings (SSSR count). The Hall–Kier alpha value is -1.95. The van der Waals surface area contributed by atoms with Crippen LogP contribution in [0.4, 0.5) is 5.69 Å². The van der Waals surface area contributed by atoms with Crippen LogP contribution in [0.2, 0.25) is 0 Å². The molecule has 0 spiro atoms. The predicted molar refractivity (Wildman–Crippen MR) is 90.0 cm³/mol. The van der Waals surface area contributed by atoms with Gasteiger partial charge in [-0.2, -0.15) is 0 Å². The van der Waals surface area contributed by atoms with Gasteiger partial charge in [-0.15, -0.1) is 0 Å². The Kier molecular flexibility index (Phi) is 8.14. The minimum absolute atomic E-state index is 0.125. The first-order valence-electron chi connectivity index (χ1n) is 7.61. The van der Waals surface area contributed by atoms with Crippen molar-refractivity contribution in [2.75, 3.05) is 38.7 Å². The number of benzene rings is 1. The number of rotatable bonds is 8. The van der Waals surface area contributed by atoms with Crippen LogP contribution in [-0.4, -0.2) is 44.5 Å². The molecule has 0 radical (unpaired) electrons. The first-order valence-corrected chi connectivity index (χ1v) is 7.61. The molecular formula is C16H27N3O3. The number of nitrogens with zero attached hydrogens (tertiary/aromatic N) is 1. The van der Waals surface area contributed by atoms with Gasteiger partial charge in [0.2, 0.25) is 0 Å². The molecule has 0 aliphatic rings. The van der Waals surface area contributed by atoms with Gasteiger partial charge in [0, 0.05) is 31.5 Å². The highest BCUT2D eigenvalue weighted by atomic mass is 16.5. The highest BCUT2D eigenvalue weighted by molar-refractivity contribution is 5.93. The molecule has 22 heavy (non-hydrogen) atoms. The number of aliphatic hydroxyl groups excluding tert-OH is 1. The van der Waals surface area contributed by atoms with Crippen LogP contribution in [0.1, 0.15) is 20.8 Å². The molecular weight excluding hydrogens is 282 g/mol. The van der Waals surface area contributed by atoms with Gasteiger partial charge in [-0.1, -0.05) is 6.92 Å². The molecule has 6 heteroatoms. The fourth-order valence-corrected chi connectivity index (χ4v) is 1.77. The van der Waals surface area contributed by atoms with Gasteiger partial charge >= 0.3 is 0 Å². The van der Waals surface area contributed by atoms with Crippen molar-refractivity contribution in [2.24, 2.45) is 10.9 Å². The van der Waals surface area contributed by atoms with E-state index >= 15 is 0 Å². The molecule has 3 N–H and O–H groups in total. The van der Waals surface area contributed by atoms with E-state index in [2.05, 4.69) is 15.6 Å². The van der Waals surface area contributed by atoms with Crippen molar-refractivity contribution >= 4 is 11.6 Å². The van der Waals surface area contributed by atoms with Crippen LogP contribution in [0.5, 0.6) is 11.5 Å². The molecule has 0 heterocycles. The Morgan fingerprint density at radius 2 is 2.09 bits per heavy atom. The van der Waals surface area contributed by atoms with E-state index in [4.69, 9.17) is 14.6 Å². The third-order valence-electron chi connectivity index (χ3n) is 2.94. The van der Waals surface area contributed by atoms with Crippen molar-refractivity contribution in [3.8, 4) is 11.5 Å². The van der Waals surface area contributed by atoms with Crippen LogP contribution in [0, 0.1) is 5.92 Å². The molecule has 0 aliphatic heterocycles. The smallest absolute Gasteiger partial charge is 0.195 e. The number of hydrogen-bond donors (Lipinski definition) is 3. The van der Waals surface area contributed by atoms with Gasteiger partial charge in [0.25, 0.3) is 0 Å². The highest BCUT2D eigenvalue weighted by Gasteiger charge is 2.07. The zero-order chi connectivity index (χ0) is 16.4. The lowest BCUT2D eigenvalue weighted by atomic mass is 10.2. The number of nitrogens with one attached hydrogen (secondary N) is 2. The lowest BCUT2D eigenvalue weighted by molar-refractivity contribution is 0.241. The largest absolute Gasteiger partial charge is 0.493 e. The van der Waals surface area contributed by atoms with Crippen LogP contribution in [0.3, 0.4) is 0 Å². The van der Waals surface area contributed by atoms with Gasteiger partial charge in [0.15, 0.2) is 17.5 Å². The topological polar surface area (TPSA) is 75.1 Å². The van der Waals surface area contributed by atoms with Gasteiger partial charge in [-0.05, 0) is 31.9 Å². The summed E-state index contributed by atoms with van der Waals surface area (Å²) in [5.41, 5.74) is 0.862. The number of methoxy groups -OCH3 is 1. The molecule has 6 nitrogen and oxygen atoms in total. The van der Waals surface area contributed by atoms with Crippen molar-refractivity contribution < 1.29 is 14.6 Å². The average molecular weight is 309 g/mol.